The monoisotopic (exact) mass is 556 g/mol. The summed E-state index contributed by atoms with van der Waals surface area (Å²) in [6, 6.07) is 4.54. The van der Waals surface area contributed by atoms with Crippen LogP contribution in [-0.2, 0) is 11.3 Å². The number of ether oxygens (including phenoxy) is 1. The predicted octanol–water partition coefficient (Wildman–Crippen LogP) is 3.69. The van der Waals surface area contributed by atoms with Gasteiger partial charge in [-0.25, -0.2) is 15.0 Å². The number of likely N-dealkylation sites (tertiary alicyclic amines) is 1. The molecule has 0 unspecified atom stereocenters. The van der Waals surface area contributed by atoms with Gasteiger partial charge in [-0.1, -0.05) is 0 Å². The molecule has 13 heteroatoms. The van der Waals surface area contributed by atoms with Gasteiger partial charge in [0.25, 0.3) is 0 Å². The van der Waals surface area contributed by atoms with Crippen LogP contribution in [0.15, 0.2) is 36.8 Å². The van der Waals surface area contributed by atoms with Crippen LogP contribution in [0.5, 0.6) is 5.75 Å². The number of alkyl halides is 2. The zero-order valence-electron chi connectivity index (χ0n) is 22.8. The summed E-state index contributed by atoms with van der Waals surface area (Å²) in [6.07, 6.45) is 7.31. The summed E-state index contributed by atoms with van der Waals surface area (Å²) >= 11 is 0. The summed E-state index contributed by atoms with van der Waals surface area (Å²) in [5, 5.41) is 17.6. The molecular formula is C27H34F2N8O3. The highest BCUT2D eigenvalue weighted by Crippen LogP contribution is 2.43. The number of hydrogen-bond acceptors (Lipinski definition) is 9. The number of aromatic nitrogens is 5. The smallest absolute Gasteiger partial charge is 0.387 e. The third kappa shape index (κ3) is 6.64. The molecule has 0 radical (unpaired) electrons. The number of aliphatic hydroxyl groups is 1. The molecule has 2 fully saturated rings. The van der Waals surface area contributed by atoms with Gasteiger partial charge in [0.15, 0.2) is 5.82 Å². The largest absolute Gasteiger partial charge is 0.435 e. The lowest BCUT2D eigenvalue weighted by atomic mass is 9.72. The number of carbonyl (C=O) groups excluding carboxylic acids is 1. The SMILES string of the molecule is CC(=O)N1CCC2(CC1)CN(c1cc(Nc3cc(OC(F)F)ccn3)nc(-c3cnn(CCC(C)(C)O)c3)n1)C2. The summed E-state index contributed by atoms with van der Waals surface area (Å²) in [6.45, 7) is 5.85. The summed E-state index contributed by atoms with van der Waals surface area (Å²) in [4.78, 5) is 29.5. The molecule has 2 saturated heterocycles. The van der Waals surface area contributed by atoms with Crippen molar-refractivity contribution in [1.29, 1.82) is 0 Å². The molecule has 5 heterocycles. The molecule has 3 aromatic heterocycles. The van der Waals surface area contributed by atoms with Crippen molar-refractivity contribution in [3.05, 3.63) is 36.8 Å². The second-order valence-corrected chi connectivity index (χ2v) is 11.2. The standard InChI is InChI=1S/C27H34F2N8O3/c1-18(38)35-9-6-27(7-10-35)16-36(17-27)23-13-22(32-21-12-20(4-8-30-21)40-25(28)29)33-24(34-23)19-14-31-37(15-19)11-5-26(2,3)39/h4,8,12-15,25,39H,5-7,9-11,16-17H2,1-3H3,(H,30,32,33,34). The van der Waals surface area contributed by atoms with Gasteiger partial charge in [0.05, 0.1) is 17.4 Å². The zero-order chi connectivity index (χ0) is 28.5. The lowest BCUT2D eigenvalue weighted by Crippen LogP contribution is -2.61. The van der Waals surface area contributed by atoms with Crippen LogP contribution in [0, 0.1) is 5.41 Å². The van der Waals surface area contributed by atoms with Gasteiger partial charge in [-0.2, -0.15) is 13.9 Å². The van der Waals surface area contributed by atoms with Crippen LogP contribution >= 0.6 is 0 Å². The molecule has 5 rings (SSSR count). The van der Waals surface area contributed by atoms with Crippen molar-refractivity contribution in [3.63, 3.8) is 0 Å². The zero-order valence-corrected chi connectivity index (χ0v) is 22.8. The van der Waals surface area contributed by atoms with Gasteiger partial charge in [0, 0.05) is 69.6 Å². The quantitative estimate of drug-likeness (QED) is 0.406. The lowest BCUT2D eigenvalue weighted by molar-refractivity contribution is -0.131. The van der Waals surface area contributed by atoms with E-state index in [4.69, 9.17) is 4.98 Å². The summed E-state index contributed by atoms with van der Waals surface area (Å²) < 4.78 is 31.7. The van der Waals surface area contributed by atoms with Crippen molar-refractivity contribution in [2.24, 2.45) is 5.41 Å². The van der Waals surface area contributed by atoms with Gasteiger partial charge in [-0.3, -0.25) is 9.48 Å². The average molecular weight is 557 g/mol. The number of amides is 1. The Morgan fingerprint density at radius 3 is 2.62 bits per heavy atom. The maximum Gasteiger partial charge on any atom is 0.387 e. The van der Waals surface area contributed by atoms with E-state index in [9.17, 15) is 18.7 Å². The number of hydrogen-bond donors (Lipinski definition) is 2. The first-order valence-electron chi connectivity index (χ1n) is 13.3. The highest BCUT2D eigenvalue weighted by molar-refractivity contribution is 5.73. The minimum Gasteiger partial charge on any atom is -0.435 e. The van der Waals surface area contributed by atoms with Gasteiger partial charge in [0.1, 0.15) is 23.2 Å². The molecule has 1 amide bonds. The second kappa shape index (κ2) is 11.0. The Bertz CT molecular complexity index is 1340. The van der Waals surface area contributed by atoms with Crippen molar-refractivity contribution < 1.29 is 23.4 Å². The Balaban J connectivity index is 1.38. The van der Waals surface area contributed by atoms with Crippen molar-refractivity contribution in [2.75, 3.05) is 36.4 Å². The summed E-state index contributed by atoms with van der Waals surface area (Å²) in [5.41, 5.74) is 0.0339. The summed E-state index contributed by atoms with van der Waals surface area (Å²) in [5.74, 6) is 2.00. The molecule has 2 aliphatic rings. The molecule has 0 saturated carbocycles. The Labute approximate surface area is 231 Å². The van der Waals surface area contributed by atoms with E-state index in [-0.39, 0.29) is 17.1 Å². The van der Waals surface area contributed by atoms with Crippen molar-refractivity contribution in [3.8, 4) is 17.1 Å². The number of rotatable bonds is 9. The molecule has 11 nitrogen and oxygen atoms in total. The Hall–Kier alpha value is -3.87. The maximum atomic E-state index is 12.7. The molecule has 1 spiro atoms. The van der Waals surface area contributed by atoms with Gasteiger partial charge in [-0.15, -0.1) is 0 Å². The van der Waals surface area contributed by atoms with Crippen LogP contribution in [0.3, 0.4) is 0 Å². The van der Waals surface area contributed by atoms with E-state index in [1.165, 1.54) is 18.3 Å². The van der Waals surface area contributed by atoms with E-state index in [2.05, 4.69) is 30.0 Å². The van der Waals surface area contributed by atoms with Gasteiger partial charge < -0.3 is 25.0 Å². The number of pyridine rings is 1. The number of piperidine rings is 1. The van der Waals surface area contributed by atoms with Crippen LogP contribution in [0.1, 0.15) is 40.0 Å². The van der Waals surface area contributed by atoms with Crippen LogP contribution in [0.4, 0.5) is 26.2 Å². The molecule has 0 aliphatic carbocycles. The van der Waals surface area contributed by atoms with Crippen molar-refractivity contribution >= 4 is 23.4 Å². The van der Waals surface area contributed by atoms with Crippen molar-refractivity contribution in [1.82, 2.24) is 29.6 Å². The fraction of sp³-hybridized carbons (Fsp3) is 0.519. The number of nitrogens with zero attached hydrogens (tertiary/aromatic N) is 7. The summed E-state index contributed by atoms with van der Waals surface area (Å²) in [7, 11) is 0. The third-order valence-electron chi connectivity index (χ3n) is 7.42. The topological polar surface area (TPSA) is 122 Å². The fourth-order valence-electron chi connectivity index (χ4n) is 5.10. The molecule has 0 atom stereocenters. The lowest BCUT2D eigenvalue weighted by Gasteiger charge is -2.54. The van der Waals surface area contributed by atoms with Crippen molar-refractivity contribution in [2.45, 2.75) is 58.8 Å². The van der Waals surface area contributed by atoms with E-state index < -0.39 is 12.2 Å². The molecule has 40 heavy (non-hydrogen) atoms. The first kappa shape index (κ1) is 27.7. The second-order valence-electron chi connectivity index (χ2n) is 11.2. The first-order chi connectivity index (χ1) is 19.0. The molecule has 214 valence electrons. The molecule has 0 aromatic carbocycles. The number of anilines is 3. The molecule has 0 bridgehead atoms. The average Bonchev–Trinajstić information content (AvgIpc) is 3.35. The number of nitrogens with one attached hydrogen (secondary N) is 1. The first-order valence-corrected chi connectivity index (χ1v) is 13.3. The fourth-order valence-corrected chi connectivity index (χ4v) is 5.10. The number of halogens is 2. The Morgan fingerprint density at radius 1 is 1.20 bits per heavy atom. The Kier molecular flexibility index (Phi) is 7.58. The van der Waals surface area contributed by atoms with Gasteiger partial charge >= 0.3 is 6.61 Å². The van der Waals surface area contributed by atoms with E-state index in [1.54, 1.807) is 31.6 Å². The highest BCUT2D eigenvalue weighted by Gasteiger charge is 2.45. The molecular weight excluding hydrogens is 522 g/mol. The number of aryl methyl sites for hydroxylation is 1. The van der Waals surface area contributed by atoms with E-state index in [1.807, 2.05) is 17.2 Å². The Morgan fingerprint density at radius 2 is 1.95 bits per heavy atom. The predicted molar refractivity (Wildman–Crippen MR) is 144 cm³/mol. The minimum absolute atomic E-state index is 0.0170. The third-order valence-corrected chi connectivity index (χ3v) is 7.42. The number of carbonyl (C=O) groups is 1. The van der Waals surface area contributed by atoms with Crippen LogP contribution in [0.2, 0.25) is 0 Å². The minimum atomic E-state index is -2.94. The highest BCUT2D eigenvalue weighted by atomic mass is 19.3. The van der Waals surface area contributed by atoms with Gasteiger partial charge in [0.2, 0.25) is 5.91 Å². The van der Waals surface area contributed by atoms with E-state index in [0.29, 0.717) is 36.0 Å². The molecule has 3 aromatic rings. The maximum absolute atomic E-state index is 12.7. The van der Waals surface area contributed by atoms with Gasteiger partial charge in [-0.05, 0) is 39.2 Å². The van der Waals surface area contributed by atoms with Crippen LogP contribution in [0.25, 0.3) is 11.4 Å². The molecule has 2 aliphatic heterocycles. The normalized spacial score (nSPS) is 16.8. The van der Waals surface area contributed by atoms with E-state index >= 15 is 0 Å². The van der Waals surface area contributed by atoms with Crippen LogP contribution < -0.4 is 15.0 Å². The molecule has 2 N–H and O–H groups in total. The van der Waals surface area contributed by atoms with Crippen LogP contribution in [-0.4, -0.2) is 79.0 Å². The van der Waals surface area contributed by atoms with E-state index in [0.717, 1.165) is 44.8 Å².